The van der Waals surface area contributed by atoms with E-state index in [1.807, 2.05) is 13.8 Å². The molecule has 10 nitrogen and oxygen atoms in total. The summed E-state index contributed by atoms with van der Waals surface area (Å²) >= 11 is 0. The highest BCUT2D eigenvalue weighted by atomic mass is 19.3. The topological polar surface area (TPSA) is 138 Å². The van der Waals surface area contributed by atoms with Crippen LogP contribution in [0.5, 0.6) is 0 Å². The zero-order chi connectivity index (χ0) is 26.4. The monoisotopic (exact) mass is 502 g/mol. The van der Waals surface area contributed by atoms with Gasteiger partial charge in [-0.1, -0.05) is 32.0 Å². The fourth-order valence-corrected chi connectivity index (χ4v) is 3.45. The molecule has 3 heterocycles. The van der Waals surface area contributed by atoms with E-state index in [0.717, 1.165) is 7.11 Å². The van der Waals surface area contributed by atoms with Gasteiger partial charge in [0.05, 0.1) is 25.6 Å². The third-order valence-corrected chi connectivity index (χ3v) is 4.92. The summed E-state index contributed by atoms with van der Waals surface area (Å²) in [5.41, 5.74) is 12.8. The number of amides is 1. The molecule has 0 saturated heterocycles. The summed E-state index contributed by atoms with van der Waals surface area (Å²) in [6.07, 6.45) is -2.43. The highest BCUT2D eigenvalue weighted by molar-refractivity contribution is 5.96. The Labute approximate surface area is 204 Å². The highest BCUT2D eigenvalue weighted by Gasteiger charge is 2.28. The lowest BCUT2D eigenvalue weighted by atomic mass is 10.2. The molecule has 0 saturated carbocycles. The van der Waals surface area contributed by atoms with Crippen molar-refractivity contribution in [2.45, 2.75) is 26.8 Å². The summed E-state index contributed by atoms with van der Waals surface area (Å²) in [6.45, 7) is 3.06. The van der Waals surface area contributed by atoms with E-state index in [2.05, 4.69) is 24.8 Å². The zero-order valence-electron chi connectivity index (χ0n) is 19.8. The smallest absolute Gasteiger partial charge is 0.414 e. The normalized spacial score (nSPS) is 10.8. The first-order valence-electron chi connectivity index (χ1n) is 10.9. The zero-order valence-corrected chi connectivity index (χ0v) is 19.8. The lowest BCUT2D eigenvalue weighted by Gasteiger charge is -2.22. The molecule has 0 radical (unpaired) electrons. The van der Waals surface area contributed by atoms with Crippen molar-refractivity contribution in [3.63, 3.8) is 0 Å². The van der Waals surface area contributed by atoms with Crippen LogP contribution in [0.25, 0.3) is 22.6 Å². The Morgan fingerprint density at radius 2 is 1.78 bits per heavy atom. The quantitative estimate of drug-likeness (QED) is 0.402. The van der Waals surface area contributed by atoms with E-state index in [4.69, 9.17) is 11.5 Å². The van der Waals surface area contributed by atoms with Gasteiger partial charge < -0.3 is 16.2 Å². The highest BCUT2D eigenvalue weighted by Crippen LogP contribution is 2.33. The molecule has 3 aromatic heterocycles. The van der Waals surface area contributed by atoms with Crippen molar-refractivity contribution in [2.24, 2.45) is 0 Å². The van der Waals surface area contributed by atoms with E-state index in [0.29, 0.717) is 21.5 Å². The second kappa shape index (κ2) is 11.3. The number of nitrogens with two attached hydrogens (primary N) is 2. The number of benzene rings is 1. The van der Waals surface area contributed by atoms with E-state index in [-0.39, 0.29) is 35.4 Å². The number of halogens is 3. The fraction of sp³-hybridized carbons (Fsp3) is 0.261. The number of rotatable bonds is 6. The lowest BCUT2D eigenvalue weighted by Crippen LogP contribution is -2.36. The number of nitrogens with zero attached hydrogens (tertiary/aromatic N) is 6. The van der Waals surface area contributed by atoms with Gasteiger partial charge in [0.15, 0.2) is 23.1 Å². The molecule has 0 aliphatic carbocycles. The van der Waals surface area contributed by atoms with Crippen molar-refractivity contribution in [1.82, 2.24) is 24.7 Å². The Bertz CT molecular complexity index is 1340. The predicted octanol–water partition coefficient (Wildman–Crippen LogP) is 4.10. The maximum Gasteiger partial charge on any atom is 0.414 e. The molecule has 0 spiro atoms. The summed E-state index contributed by atoms with van der Waals surface area (Å²) in [7, 11) is 1.03. The van der Waals surface area contributed by atoms with Gasteiger partial charge in [-0.25, -0.2) is 37.6 Å². The maximum atomic E-state index is 14.2. The SMILES string of the molecule is CC.COC(=O)N(CC(F)F)c1c(N)nc(-c2nn(Cc3ccccc3F)c3ncccc23)nc1N. The largest absolute Gasteiger partial charge is 0.452 e. The molecule has 0 fully saturated rings. The summed E-state index contributed by atoms with van der Waals surface area (Å²) in [5, 5.41) is 5.01. The standard InChI is InChI=1S/C21H19F3N8O2.C2H6/c1-34-21(33)31(10-14(23)24)16-17(25)28-19(29-18(16)26)15-12-6-4-8-27-20(12)32(30-15)9-11-5-2-3-7-13(11)22;1-2/h2-8,14H,9-10H2,1H3,(H4,25,26,28,29);1-2H3. The molecular weight excluding hydrogens is 477 g/mol. The third kappa shape index (κ3) is 5.29. The molecule has 0 atom stereocenters. The van der Waals surface area contributed by atoms with Crippen molar-refractivity contribution in [3.05, 3.63) is 54.0 Å². The third-order valence-electron chi connectivity index (χ3n) is 4.92. The van der Waals surface area contributed by atoms with Gasteiger partial charge in [0, 0.05) is 11.8 Å². The average molecular weight is 503 g/mol. The number of methoxy groups -OCH3 is 1. The molecule has 0 unspecified atom stereocenters. The lowest BCUT2D eigenvalue weighted by molar-refractivity contribution is 0.142. The number of pyridine rings is 1. The van der Waals surface area contributed by atoms with Crippen molar-refractivity contribution in [3.8, 4) is 11.5 Å². The second-order valence-corrected chi connectivity index (χ2v) is 7.11. The van der Waals surface area contributed by atoms with Crippen molar-refractivity contribution in [2.75, 3.05) is 30.0 Å². The van der Waals surface area contributed by atoms with Crippen molar-refractivity contribution >= 4 is 34.4 Å². The van der Waals surface area contributed by atoms with Crippen LogP contribution in [0.15, 0.2) is 42.6 Å². The molecule has 13 heteroatoms. The molecule has 1 amide bonds. The van der Waals surface area contributed by atoms with Gasteiger partial charge in [0.2, 0.25) is 0 Å². The number of nitrogen functional groups attached to an aromatic ring is 2. The van der Waals surface area contributed by atoms with E-state index in [1.54, 1.807) is 36.5 Å². The van der Waals surface area contributed by atoms with E-state index < -0.39 is 24.9 Å². The first-order chi connectivity index (χ1) is 17.3. The van der Waals surface area contributed by atoms with Gasteiger partial charge >= 0.3 is 6.09 Å². The minimum Gasteiger partial charge on any atom is -0.452 e. The Hall–Kier alpha value is -4.42. The number of carbonyl (C=O) groups excluding carboxylic acids is 1. The molecule has 4 aromatic rings. The Balaban J connectivity index is 0.00000176. The van der Waals surface area contributed by atoms with Crippen LogP contribution in [0.1, 0.15) is 19.4 Å². The number of hydrogen-bond acceptors (Lipinski definition) is 8. The van der Waals surface area contributed by atoms with Crippen LogP contribution in [-0.2, 0) is 11.3 Å². The summed E-state index contributed by atoms with van der Waals surface area (Å²) in [5.74, 6) is -1.07. The first kappa shape index (κ1) is 26.2. The molecule has 4 N–H and O–H groups in total. The number of anilines is 3. The second-order valence-electron chi connectivity index (χ2n) is 7.11. The number of ether oxygens (including phenoxy) is 1. The van der Waals surface area contributed by atoms with Crippen LogP contribution in [0.2, 0.25) is 0 Å². The number of fused-ring (bicyclic) bond motifs is 1. The summed E-state index contributed by atoms with van der Waals surface area (Å²) in [6, 6.07) is 9.63. The Morgan fingerprint density at radius 3 is 2.39 bits per heavy atom. The van der Waals surface area contributed by atoms with Gasteiger partial charge in [0.25, 0.3) is 6.43 Å². The number of alkyl halides is 2. The molecule has 0 aliphatic heterocycles. The van der Waals surface area contributed by atoms with Gasteiger partial charge in [-0.2, -0.15) is 5.10 Å². The number of aromatic nitrogens is 5. The van der Waals surface area contributed by atoms with Gasteiger partial charge in [-0.05, 0) is 18.2 Å². The molecule has 36 heavy (non-hydrogen) atoms. The minimum atomic E-state index is -2.89. The van der Waals surface area contributed by atoms with E-state index >= 15 is 0 Å². The maximum absolute atomic E-state index is 14.2. The minimum absolute atomic E-state index is 0.0223. The molecule has 1 aromatic carbocycles. The molecule has 4 rings (SSSR count). The molecule has 0 aliphatic rings. The van der Waals surface area contributed by atoms with E-state index in [1.165, 1.54) is 10.7 Å². The van der Waals surface area contributed by atoms with Crippen LogP contribution in [0, 0.1) is 5.82 Å². The molecule has 190 valence electrons. The van der Waals surface area contributed by atoms with Crippen LogP contribution in [0.4, 0.5) is 35.3 Å². The average Bonchev–Trinajstić information content (AvgIpc) is 3.23. The van der Waals surface area contributed by atoms with Crippen molar-refractivity contribution in [1.29, 1.82) is 0 Å². The Morgan fingerprint density at radius 1 is 1.11 bits per heavy atom. The first-order valence-corrected chi connectivity index (χ1v) is 10.9. The van der Waals surface area contributed by atoms with Crippen LogP contribution in [0.3, 0.4) is 0 Å². The summed E-state index contributed by atoms with van der Waals surface area (Å²) < 4.78 is 46.3. The van der Waals surface area contributed by atoms with Gasteiger partial charge in [0.1, 0.15) is 17.2 Å². The van der Waals surface area contributed by atoms with Crippen molar-refractivity contribution < 1.29 is 22.7 Å². The van der Waals surface area contributed by atoms with Gasteiger partial charge in [-0.15, -0.1) is 0 Å². The Kier molecular flexibility index (Phi) is 8.25. The molecule has 0 bridgehead atoms. The van der Waals surface area contributed by atoms with Crippen LogP contribution >= 0.6 is 0 Å². The predicted molar refractivity (Wildman–Crippen MR) is 130 cm³/mol. The summed E-state index contributed by atoms with van der Waals surface area (Å²) in [4.78, 5) is 25.2. The molecular formula is C23H25F3N8O2. The van der Waals surface area contributed by atoms with E-state index in [9.17, 15) is 18.0 Å². The fourth-order valence-electron chi connectivity index (χ4n) is 3.45. The number of hydrogen-bond donors (Lipinski definition) is 2. The van der Waals surface area contributed by atoms with Crippen LogP contribution in [-0.4, -0.2) is 50.9 Å². The number of carbonyl (C=O) groups is 1. The van der Waals surface area contributed by atoms with Crippen LogP contribution < -0.4 is 16.4 Å². The van der Waals surface area contributed by atoms with Gasteiger partial charge in [-0.3, -0.25) is 4.90 Å².